The third-order valence-electron chi connectivity index (χ3n) is 6.95. The minimum absolute atomic E-state index is 0.0760. The molecule has 8 nitrogen and oxygen atoms in total. The van der Waals surface area contributed by atoms with Gasteiger partial charge in [0.2, 0.25) is 5.91 Å². The number of ether oxygens (including phenoxy) is 1. The normalized spacial score (nSPS) is 26.7. The Balaban J connectivity index is 1.66. The summed E-state index contributed by atoms with van der Waals surface area (Å²) in [7, 11) is -2.63. The Bertz CT molecular complexity index is 1110. The fraction of sp³-hybridized carbons (Fsp3) is 0.400. The maximum atomic E-state index is 14.1. The Morgan fingerprint density at radius 3 is 2.44 bits per heavy atom. The average Bonchev–Trinajstić information content (AvgIpc) is 2.99. The highest BCUT2D eigenvalue weighted by Crippen LogP contribution is 2.74. The smallest absolute Gasteiger partial charge is 0.327 e. The molecule has 2 heterocycles. The lowest BCUT2D eigenvalue weighted by molar-refractivity contribution is -0.157. The summed E-state index contributed by atoms with van der Waals surface area (Å²) < 4.78 is 4.82. The molecule has 2 N–H and O–H groups in total. The first-order chi connectivity index (χ1) is 16.2. The van der Waals surface area contributed by atoms with Crippen LogP contribution in [-0.2, 0) is 16.2 Å². The van der Waals surface area contributed by atoms with Crippen molar-refractivity contribution in [2.75, 3.05) is 17.4 Å². The van der Waals surface area contributed by atoms with Crippen molar-refractivity contribution in [3.05, 3.63) is 60.2 Å². The molecule has 182 valence electrons. The van der Waals surface area contributed by atoms with E-state index >= 15 is 0 Å². The Morgan fingerprint density at radius 2 is 1.88 bits per heavy atom. The fourth-order valence-electron chi connectivity index (χ4n) is 5.09. The molecule has 0 spiro atoms. The molecule has 2 aromatic carbocycles. The van der Waals surface area contributed by atoms with Crippen molar-refractivity contribution in [2.24, 2.45) is 0 Å². The highest BCUT2D eigenvalue weighted by atomic mass is 32.3. The van der Waals surface area contributed by atoms with Crippen molar-refractivity contribution in [3.63, 3.8) is 0 Å². The number of anilines is 1. The number of amides is 2. The number of β-lactam (4-membered cyclic amide) rings is 1. The van der Waals surface area contributed by atoms with Gasteiger partial charge in [-0.15, -0.1) is 10.0 Å². The molecule has 0 aliphatic carbocycles. The minimum atomic E-state index is -2.63. The van der Waals surface area contributed by atoms with E-state index in [4.69, 9.17) is 4.74 Å². The van der Waals surface area contributed by atoms with Crippen molar-refractivity contribution >= 4 is 32.8 Å². The number of hydrogen-bond donors (Lipinski definition) is 2. The first-order valence-electron chi connectivity index (χ1n) is 11.2. The maximum Gasteiger partial charge on any atom is 0.327 e. The second kappa shape index (κ2) is 8.96. The van der Waals surface area contributed by atoms with E-state index in [1.54, 1.807) is 36.9 Å². The van der Waals surface area contributed by atoms with Crippen LogP contribution in [0.15, 0.2) is 54.6 Å². The van der Waals surface area contributed by atoms with E-state index in [0.29, 0.717) is 24.6 Å². The lowest BCUT2D eigenvalue weighted by atomic mass is 9.98. The quantitative estimate of drug-likeness (QED) is 0.577. The highest BCUT2D eigenvalue weighted by molar-refractivity contribution is 8.46. The van der Waals surface area contributed by atoms with Gasteiger partial charge in [0.15, 0.2) is 0 Å². The lowest BCUT2D eigenvalue weighted by Crippen LogP contribution is -2.57. The van der Waals surface area contributed by atoms with Crippen LogP contribution in [0.2, 0.25) is 0 Å². The van der Waals surface area contributed by atoms with Gasteiger partial charge < -0.3 is 24.7 Å². The van der Waals surface area contributed by atoms with Crippen molar-refractivity contribution < 1.29 is 29.3 Å². The molecule has 2 fully saturated rings. The molecular weight excluding hydrogens is 456 g/mol. The zero-order valence-corrected chi connectivity index (χ0v) is 20.3. The lowest BCUT2D eigenvalue weighted by Gasteiger charge is -2.50. The number of fused-ring (bicyclic) bond motifs is 1. The van der Waals surface area contributed by atoms with E-state index in [0.717, 1.165) is 5.56 Å². The van der Waals surface area contributed by atoms with E-state index in [9.17, 15) is 24.6 Å². The molecule has 34 heavy (non-hydrogen) atoms. The first-order valence-corrected chi connectivity index (χ1v) is 13.1. The van der Waals surface area contributed by atoms with Crippen LogP contribution < -0.4 is 9.64 Å². The van der Waals surface area contributed by atoms with Gasteiger partial charge in [-0.1, -0.05) is 36.4 Å². The van der Waals surface area contributed by atoms with Gasteiger partial charge in [0.1, 0.15) is 18.4 Å². The molecule has 2 aliphatic heterocycles. The van der Waals surface area contributed by atoms with Crippen molar-refractivity contribution in [1.29, 1.82) is 0 Å². The van der Waals surface area contributed by atoms with Crippen LogP contribution >= 0.6 is 10.0 Å². The van der Waals surface area contributed by atoms with Gasteiger partial charge in [-0.3, -0.25) is 9.59 Å². The van der Waals surface area contributed by atoms with Crippen LogP contribution in [-0.4, -0.2) is 60.9 Å². The number of carbonyl (C=O) groups excluding carboxylic acids is 2. The van der Waals surface area contributed by atoms with Crippen LogP contribution in [0.4, 0.5) is 10.5 Å². The fourth-order valence-corrected chi connectivity index (χ4v) is 9.39. The Kier molecular flexibility index (Phi) is 6.35. The van der Waals surface area contributed by atoms with E-state index < -0.39 is 38.1 Å². The molecule has 9 heteroatoms. The number of carboxylic acids is 1. The number of carbonyl (C=O) groups is 3. The summed E-state index contributed by atoms with van der Waals surface area (Å²) in [5.41, 5.74) is 1.62. The standard InChI is InChI=1S/C25H30N2O6S/c1-4-26(18-11-8-12-19(13-18)33-15-17-9-6-5-7-10-17)24(32)34(16-28)21-14-20(29)27(21)22(23(30)31)25(34,2)3/h5-13,21-22,28H,4,14-16H2,1-3H3,(H,30,31)/t21-,22+/m1/s1. The summed E-state index contributed by atoms with van der Waals surface area (Å²) in [4.78, 5) is 41.5. The summed E-state index contributed by atoms with van der Waals surface area (Å²) in [6, 6.07) is 15.8. The predicted molar refractivity (Wildman–Crippen MR) is 131 cm³/mol. The van der Waals surface area contributed by atoms with Crippen LogP contribution in [0.5, 0.6) is 5.75 Å². The predicted octanol–water partition coefficient (Wildman–Crippen LogP) is 3.77. The van der Waals surface area contributed by atoms with Crippen molar-refractivity contribution in [3.8, 4) is 5.75 Å². The number of benzene rings is 2. The van der Waals surface area contributed by atoms with Crippen LogP contribution in [0.1, 0.15) is 32.8 Å². The summed E-state index contributed by atoms with van der Waals surface area (Å²) >= 11 is 0. The van der Waals surface area contributed by atoms with E-state index in [1.165, 1.54) is 4.90 Å². The van der Waals surface area contributed by atoms with Crippen LogP contribution in [0.25, 0.3) is 0 Å². The van der Waals surface area contributed by atoms with E-state index in [-0.39, 0.29) is 17.6 Å². The van der Waals surface area contributed by atoms with Gasteiger partial charge in [-0.2, -0.15) is 0 Å². The molecule has 4 rings (SSSR count). The van der Waals surface area contributed by atoms with E-state index in [1.807, 2.05) is 43.3 Å². The van der Waals surface area contributed by atoms with Gasteiger partial charge in [-0.25, -0.2) is 4.79 Å². The minimum Gasteiger partial charge on any atom is -0.489 e. The molecule has 0 aromatic heterocycles. The number of hydrogen-bond acceptors (Lipinski definition) is 5. The number of nitrogens with zero attached hydrogens (tertiary/aromatic N) is 2. The number of aliphatic hydroxyl groups is 1. The summed E-state index contributed by atoms with van der Waals surface area (Å²) in [5, 5.41) is 19.6. The Labute approximate surface area is 200 Å². The Hall–Kier alpha value is -3.04. The molecule has 0 saturated carbocycles. The molecular formula is C25H30N2O6S. The third-order valence-corrected chi connectivity index (χ3v) is 11.6. The molecule has 2 aliphatic rings. The first kappa shape index (κ1) is 24.1. The Morgan fingerprint density at radius 1 is 1.18 bits per heavy atom. The van der Waals surface area contributed by atoms with Gasteiger partial charge in [0, 0.05) is 23.0 Å². The zero-order chi connectivity index (χ0) is 24.7. The van der Waals surface area contributed by atoms with Crippen molar-refractivity contribution in [1.82, 2.24) is 4.90 Å². The van der Waals surface area contributed by atoms with Crippen LogP contribution in [0.3, 0.4) is 0 Å². The number of rotatable bonds is 7. The molecule has 2 amide bonds. The molecule has 3 atom stereocenters. The third kappa shape index (κ3) is 3.54. The molecule has 1 unspecified atom stereocenters. The van der Waals surface area contributed by atoms with E-state index in [2.05, 4.69) is 0 Å². The summed E-state index contributed by atoms with van der Waals surface area (Å²) in [5.74, 6) is -1.33. The number of aliphatic carboxylic acids is 1. The monoisotopic (exact) mass is 486 g/mol. The molecule has 0 bridgehead atoms. The van der Waals surface area contributed by atoms with Crippen LogP contribution in [0, 0.1) is 0 Å². The molecule has 2 aromatic rings. The maximum absolute atomic E-state index is 14.1. The second-order valence-corrected chi connectivity index (χ2v) is 12.8. The topological polar surface area (TPSA) is 107 Å². The highest BCUT2D eigenvalue weighted by Gasteiger charge is 2.72. The van der Waals surface area contributed by atoms with Gasteiger partial charge in [0.05, 0.1) is 17.7 Å². The average molecular weight is 487 g/mol. The largest absolute Gasteiger partial charge is 0.489 e. The SMILES string of the molecule is CCN(C(=O)S1(CO)[C@@H]2CC(=O)N2[C@@H](C(=O)O)C1(C)C)c1cccc(OCc2ccccc2)c1. The van der Waals surface area contributed by atoms with Crippen molar-refractivity contribution in [2.45, 2.75) is 50.0 Å². The molecule has 2 saturated heterocycles. The molecule has 0 radical (unpaired) electrons. The summed E-state index contributed by atoms with van der Waals surface area (Å²) in [6.45, 7) is 5.91. The zero-order valence-electron chi connectivity index (χ0n) is 19.5. The number of aliphatic hydroxyl groups excluding tert-OH is 1. The second-order valence-electron chi connectivity index (χ2n) is 9.01. The van der Waals surface area contributed by atoms with Gasteiger partial charge in [0.25, 0.3) is 5.24 Å². The van der Waals surface area contributed by atoms with Gasteiger partial charge in [-0.05, 0) is 38.5 Å². The van der Waals surface area contributed by atoms with Gasteiger partial charge >= 0.3 is 5.97 Å². The number of carboxylic acid groups (broad SMARTS) is 1. The summed E-state index contributed by atoms with van der Waals surface area (Å²) in [6.07, 6.45) is 0.0760.